The van der Waals surface area contributed by atoms with Gasteiger partial charge in [-0.3, -0.25) is 4.72 Å². The van der Waals surface area contributed by atoms with Crippen molar-refractivity contribution in [3.05, 3.63) is 27.6 Å². The van der Waals surface area contributed by atoms with E-state index < -0.39 is 21.8 Å². The van der Waals surface area contributed by atoms with Crippen LogP contribution in [0.1, 0.15) is 35.0 Å². The fraction of sp³-hybridized carbons (Fsp3) is 0.273. The predicted molar refractivity (Wildman–Crippen MR) is 78.3 cm³/mol. The van der Waals surface area contributed by atoms with Crippen molar-refractivity contribution in [1.29, 1.82) is 0 Å². The van der Waals surface area contributed by atoms with Crippen molar-refractivity contribution in [3.8, 4) is 0 Å². The van der Waals surface area contributed by atoms with Gasteiger partial charge in [-0.05, 0) is 28.8 Å². The number of halogens is 1. The quantitative estimate of drug-likeness (QED) is 0.809. The maximum atomic E-state index is 12.2. The highest BCUT2D eigenvalue weighted by Crippen LogP contribution is 2.41. The first-order chi connectivity index (χ1) is 9.87. The Hall–Kier alpha value is -1.39. The summed E-state index contributed by atoms with van der Waals surface area (Å²) in [5, 5.41) is 10.9. The van der Waals surface area contributed by atoms with Crippen LogP contribution in [0.4, 0.5) is 5.13 Å². The summed E-state index contributed by atoms with van der Waals surface area (Å²) in [6, 6.07) is 0.949. The van der Waals surface area contributed by atoms with Crippen LogP contribution in [0, 0.1) is 0 Å². The summed E-state index contributed by atoms with van der Waals surface area (Å²) < 4.78 is 31.5. The molecule has 3 rings (SSSR count). The first-order valence-electron chi connectivity index (χ1n) is 5.87. The molecule has 0 spiro atoms. The number of nitrogens with zero attached hydrogens (tertiary/aromatic N) is 1. The number of hydrogen-bond acceptors (Lipinski definition) is 6. The topological polar surface area (TPSA) is 110 Å². The first-order valence-corrected chi connectivity index (χ1v) is 9.03. The van der Waals surface area contributed by atoms with E-state index in [0.29, 0.717) is 5.92 Å². The number of sulfonamides is 1. The Morgan fingerprint density at radius 2 is 2.24 bits per heavy atom. The molecule has 10 heteroatoms. The van der Waals surface area contributed by atoms with Crippen LogP contribution in [0.25, 0.3) is 0 Å². The molecule has 1 fully saturated rings. The number of rotatable bonds is 5. The van der Waals surface area contributed by atoms with Gasteiger partial charge in [0.1, 0.15) is 4.90 Å². The molecule has 7 nitrogen and oxygen atoms in total. The van der Waals surface area contributed by atoms with Crippen LogP contribution >= 0.6 is 27.3 Å². The average molecular weight is 393 g/mol. The van der Waals surface area contributed by atoms with Crippen LogP contribution in [0.15, 0.2) is 25.4 Å². The van der Waals surface area contributed by atoms with Crippen molar-refractivity contribution < 1.29 is 22.7 Å². The Kier molecular flexibility index (Phi) is 3.54. The third kappa shape index (κ3) is 2.97. The molecule has 0 atom stereocenters. The van der Waals surface area contributed by atoms with Crippen LogP contribution in [0.5, 0.6) is 0 Å². The van der Waals surface area contributed by atoms with E-state index in [1.165, 1.54) is 11.3 Å². The molecule has 0 amide bonds. The molecule has 2 aromatic heterocycles. The number of aromatic nitrogens is 1. The molecule has 2 heterocycles. The Labute approximate surface area is 132 Å². The zero-order valence-electron chi connectivity index (χ0n) is 10.4. The lowest BCUT2D eigenvalue weighted by atomic mass is 10.3. The third-order valence-corrected chi connectivity index (χ3v) is 6.00. The lowest BCUT2D eigenvalue weighted by Crippen LogP contribution is -2.12. The molecule has 0 bridgehead atoms. The highest BCUT2D eigenvalue weighted by atomic mass is 79.9. The van der Waals surface area contributed by atoms with Crippen LogP contribution in [0.3, 0.4) is 0 Å². The molecule has 21 heavy (non-hydrogen) atoms. The summed E-state index contributed by atoms with van der Waals surface area (Å²) >= 11 is 4.10. The molecule has 0 aromatic carbocycles. The van der Waals surface area contributed by atoms with Crippen molar-refractivity contribution in [3.63, 3.8) is 0 Å². The Morgan fingerprint density at radius 3 is 2.81 bits per heavy atom. The molecule has 0 aliphatic heterocycles. The summed E-state index contributed by atoms with van der Waals surface area (Å²) in [6.45, 7) is 0. The molecule has 1 aliphatic carbocycles. The third-order valence-electron chi connectivity index (χ3n) is 2.90. The number of hydrogen-bond donors (Lipinski definition) is 2. The zero-order valence-corrected chi connectivity index (χ0v) is 13.6. The molecule has 0 unspecified atom stereocenters. The smallest absolute Gasteiger partial charge is 0.371 e. The van der Waals surface area contributed by atoms with Gasteiger partial charge in [-0.2, -0.15) is 0 Å². The van der Waals surface area contributed by atoms with E-state index >= 15 is 0 Å². The Morgan fingerprint density at radius 1 is 1.52 bits per heavy atom. The van der Waals surface area contributed by atoms with Gasteiger partial charge in [0.05, 0.1) is 5.69 Å². The van der Waals surface area contributed by atoms with Crippen molar-refractivity contribution in [1.82, 2.24) is 4.98 Å². The average Bonchev–Trinajstić information content (AvgIpc) is 3.01. The highest BCUT2D eigenvalue weighted by molar-refractivity contribution is 9.10. The van der Waals surface area contributed by atoms with Gasteiger partial charge in [0.15, 0.2) is 9.80 Å². The van der Waals surface area contributed by atoms with Crippen molar-refractivity contribution >= 4 is 48.4 Å². The fourth-order valence-electron chi connectivity index (χ4n) is 1.71. The molecular weight excluding hydrogens is 384 g/mol. The SMILES string of the molecule is O=C(O)c1cc(S(=O)(=O)Nc2nc(C3CC3)cs2)c(Br)o1. The van der Waals surface area contributed by atoms with Gasteiger partial charge in [0.25, 0.3) is 10.0 Å². The van der Waals surface area contributed by atoms with E-state index in [1.807, 2.05) is 5.38 Å². The summed E-state index contributed by atoms with van der Waals surface area (Å²) in [5.74, 6) is -1.37. The van der Waals surface area contributed by atoms with Gasteiger partial charge in [0.2, 0.25) is 5.76 Å². The van der Waals surface area contributed by atoms with Gasteiger partial charge in [-0.25, -0.2) is 18.2 Å². The van der Waals surface area contributed by atoms with Crippen LogP contribution in [-0.4, -0.2) is 24.5 Å². The standard InChI is InChI=1S/C11H9BrN2O5S2/c12-9-8(3-7(19-9)10(15)16)21(17,18)14-11-13-6(4-20-11)5-1-2-5/h3-5H,1-2H2,(H,13,14)(H,15,16). The van der Waals surface area contributed by atoms with Gasteiger partial charge in [-0.1, -0.05) is 0 Å². The lowest BCUT2D eigenvalue weighted by Gasteiger charge is -2.02. The Bertz CT molecular complexity index is 806. The van der Waals surface area contributed by atoms with E-state index in [0.717, 1.165) is 24.6 Å². The van der Waals surface area contributed by atoms with Gasteiger partial charge >= 0.3 is 5.97 Å². The normalized spacial score (nSPS) is 15.1. The number of anilines is 1. The first kappa shape index (κ1) is 14.5. The van der Waals surface area contributed by atoms with Crippen molar-refractivity contribution in [2.24, 2.45) is 0 Å². The lowest BCUT2D eigenvalue weighted by molar-refractivity contribution is 0.0661. The van der Waals surface area contributed by atoms with Gasteiger partial charge < -0.3 is 9.52 Å². The predicted octanol–water partition coefficient (Wildman–Crippen LogP) is 2.88. The summed E-state index contributed by atoms with van der Waals surface area (Å²) in [6.07, 6.45) is 2.15. The fourth-order valence-corrected chi connectivity index (χ4v) is 4.70. The summed E-state index contributed by atoms with van der Waals surface area (Å²) in [4.78, 5) is 14.7. The minimum absolute atomic E-state index is 0.161. The van der Waals surface area contributed by atoms with E-state index in [2.05, 4.69) is 25.6 Å². The largest absolute Gasteiger partial charge is 0.475 e. The second kappa shape index (κ2) is 5.11. The van der Waals surface area contributed by atoms with Crippen molar-refractivity contribution in [2.45, 2.75) is 23.7 Å². The molecule has 112 valence electrons. The zero-order chi connectivity index (χ0) is 15.2. The number of furan rings is 1. The molecule has 1 aliphatic rings. The molecule has 0 saturated heterocycles. The maximum absolute atomic E-state index is 12.2. The van der Waals surface area contributed by atoms with Crippen molar-refractivity contribution in [2.75, 3.05) is 4.72 Å². The number of carboxylic acid groups (broad SMARTS) is 1. The number of nitrogens with one attached hydrogen (secondary N) is 1. The highest BCUT2D eigenvalue weighted by Gasteiger charge is 2.28. The van der Waals surface area contributed by atoms with Gasteiger partial charge in [-0.15, -0.1) is 11.3 Å². The molecule has 1 saturated carbocycles. The molecule has 2 aromatic rings. The summed E-state index contributed by atoms with van der Waals surface area (Å²) in [5.41, 5.74) is 0.884. The Balaban J connectivity index is 1.87. The monoisotopic (exact) mass is 392 g/mol. The molecular formula is C11H9BrN2O5S2. The minimum Gasteiger partial charge on any atom is -0.475 e. The van der Waals surface area contributed by atoms with E-state index in [-0.39, 0.29) is 14.7 Å². The summed E-state index contributed by atoms with van der Waals surface area (Å²) in [7, 11) is -3.95. The van der Waals surface area contributed by atoms with Crippen LogP contribution in [-0.2, 0) is 10.0 Å². The molecule has 0 radical (unpaired) electrons. The number of carboxylic acids is 1. The minimum atomic E-state index is -3.95. The van der Waals surface area contributed by atoms with E-state index in [1.54, 1.807) is 0 Å². The maximum Gasteiger partial charge on any atom is 0.371 e. The van der Waals surface area contributed by atoms with Gasteiger partial charge in [0, 0.05) is 17.4 Å². The second-order valence-electron chi connectivity index (χ2n) is 4.51. The van der Waals surface area contributed by atoms with Crippen LogP contribution in [0.2, 0.25) is 0 Å². The second-order valence-corrected chi connectivity index (χ2v) is 7.74. The van der Waals surface area contributed by atoms with E-state index in [4.69, 9.17) is 9.52 Å². The molecule has 2 N–H and O–H groups in total. The number of thiazole rings is 1. The number of carbonyl (C=O) groups is 1. The number of aromatic carboxylic acids is 1. The van der Waals surface area contributed by atoms with Crippen LogP contribution < -0.4 is 4.72 Å². The van der Waals surface area contributed by atoms with E-state index in [9.17, 15) is 13.2 Å².